The summed E-state index contributed by atoms with van der Waals surface area (Å²) in [6.07, 6.45) is -0.0117. The second-order valence-electron chi connectivity index (χ2n) is 6.09. The van der Waals surface area contributed by atoms with Crippen molar-refractivity contribution in [2.75, 3.05) is 6.54 Å². The lowest BCUT2D eigenvalue weighted by Gasteiger charge is -2.24. The molecule has 0 aliphatic carbocycles. The average molecular weight is 511 g/mol. The minimum absolute atomic E-state index is 0.00187. The summed E-state index contributed by atoms with van der Waals surface area (Å²) in [7, 11) is -4.50. The second kappa shape index (κ2) is 10.2. The number of halogens is 3. The number of hydroxylamine groups is 2. The van der Waals surface area contributed by atoms with Crippen molar-refractivity contribution in [2.45, 2.75) is 25.6 Å². The molecule has 0 spiro atoms. The second-order valence-corrected chi connectivity index (χ2v) is 9.62. The van der Waals surface area contributed by atoms with E-state index in [4.69, 9.17) is 28.0 Å². The molecule has 1 unspecified atom stereocenters. The number of nitrogens with zero attached hydrogens (tertiary/aromatic N) is 1. The first kappa shape index (κ1) is 23.4. The van der Waals surface area contributed by atoms with Gasteiger partial charge in [0.05, 0.1) is 15.7 Å². The summed E-state index contributed by atoms with van der Waals surface area (Å²) in [6.45, 7) is 1.48. The Morgan fingerprint density at radius 2 is 1.82 bits per heavy atom. The topological polar surface area (TPSA) is 87.1 Å². The maximum Gasteiger partial charge on any atom is 0.333 e. The van der Waals surface area contributed by atoms with Gasteiger partial charge in [-0.1, -0.05) is 57.3 Å². The van der Waals surface area contributed by atoms with Crippen molar-refractivity contribution in [2.24, 2.45) is 0 Å². The molecule has 28 heavy (non-hydrogen) atoms. The van der Waals surface area contributed by atoms with Crippen LogP contribution in [0.15, 0.2) is 46.9 Å². The molecule has 2 N–H and O–H groups in total. The fourth-order valence-electron chi connectivity index (χ4n) is 2.53. The van der Waals surface area contributed by atoms with Gasteiger partial charge in [0.15, 0.2) is 0 Å². The Morgan fingerprint density at radius 1 is 1.18 bits per heavy atom. The first-order valence-electron chi connectivity index (χ1n) is 8.23. The molecule has 0 saturated heterocycles. The molecular formula is C18H19BrCl2NO5P. The minimum Gasteiger partial charge on any atom is -0.324 e. The molecule has 0 aromatic heterocycles. The quantitative estimate of drug-likeness (QED) is 0.369. The summed E-state index contributed by atoms with van der Waals surface area (Å²) in [6, 6.07) is 11.8. The summed E-state index contributed by atoms with van der Waals surface area (Å²) >= 11 is 15.2. The van der Waals surface area contributed by atoms with Crippen molar-refractivity contribution >= 4 is 52.6 Å². The largest absolute Gasteiger partial charge is 0.333 e. The smallest absolute Gasteiger partial charge is 0.324 e. The van der Waals surface area contributed by atoms with E-state index in [-0.39, 0.29) is 35.5 Å². The number of benzene rings is 2. The predicted octanol–water partition coefficient (Wildman–Crippen LogP) is 5.35. The Bertz CT molecular complexity index is 875. The van der Waals surface area contributed by atoms with Crippen LogP contribution < -0.4 is 0 Å². The first-order chi connectivity index (χ1) is 13.1. The normalized spacial score (nSPS) is 12.6. The van der Waals surface area contributed by atoms with Crippen LogP contribution in [0.25, 0.3) is 0 Å². The zero-order valence-corrected chi connectivity index (χ0v) is 18.9. The average Bonchev–Trinajstić information content (AvgIpc) is 2.60. The third kappa shape index (κ3) is 6.85. The number of hydrogen-bond donors (Lipinski definition) is 2. The highest BCUT2D eigenvalue weighted by Crippen LogP contribution is 2.54. The van der Waals surface area contributed by atoms with Gasteiger partial charge in [0.1, 0.15) is 6.61 Å². The molecule has 2 rings (SSSR count). The van der Waals surface area contributed by atoms with E-state index >= 15 is 0 Å². The molecule has 0 saturated carbocycles. The van der Waals surface area contributed by atoms with Crippen molar-refractivity contribution in [3.05, 3.63) is 68.1 Å². The molecule has 152 valence electrons. The van der Waals surface area contributed by atoms with Crippen molar-refractivity contribution in [3.8, 4) is 0 Å². The maximum absolute atomic E-state index is 12.0. The molecule has 0 bridgehead atoms. The third-order valence-electron chi connectivity index (χ3n) is 3.99. The number of amides is 1. The summed E-state index contributed by atoms with van der Waals surface area (Å²) in [5, 5.41) is 1.59. The molecule has 0 heterocycles. The van der Waals surface area contributed by atoms with E-state index in [0.717, 1.165) is 15.1 Å². The zero-order chi connectivity index (χ0) is 20.9. The van der Waals surface area contributed by atoms with Gasteiger partial charge in [-0.25, -0.2) is 5.06 Å². The molecule has 6 nitrogen and oxygen atoms in total. The van der Waals surface area contributed by atoms with Gasteiger partial charge in [0.25, 0.3) is 0 Å². The molecule has 0 radical (unpaired) electrons. The van der Waals surface area contributed by atoms with Crippen molar-refractivity contribution in [1.29, 1.82) is 0 Å². The Labute approximate surface area is 181 Å². The van der Waals surface area contributed by atoms with Crippen LogP contribution in [0, 0.1) is 0 Å². The SMILES string of the molecule is CC(=O)N(CCC(c1ccc(Cl)c(Cl)c1)P(=O)(O)O)OCc1ccc(Br)cc1. The van der Waals surface area contributed by atoms with E-state index < -0.39 is 13.3 Å². The van der Waals surface area contributed by atoms with E-state index in [0.29, 0.717) is 5.56 Å². The Hall–Kier alpha value is -0.920. The maximum atomic E-state index is 12.0. The van der Waals surface area contributed by atoms with Gasteiger partial charge in [-0.05, 0) is 41.8 Å². The summed E-state index contributed by atoms with van der Waals surface area (Å²) in [4.78, 5) is 36.9. The van der Waals surface area contributed by atoms with Crippen molar-refractivity contribution in [1.82, 2.24) is 5.06 Å². The molecule has 0 aliphatic rings. The monoisotopic (exact) mass is 509 g/mol. The van der Waals surface area contributed by atoms with Gasteiger partial charge < -0.3 is 9.79 Å². The number of rotatable bonds is 8. The van der Waals surface area contributed by atoms with Crippen LogP contribution in [0.4, 0.5) is 0 Å². The lowest BCUT2D eigenvalue weighted by Crippen LogP contribution is -2.30. The zero-order valence-electron chi connectivity index (χ0n) is 14.9. The number of carbonyl (C=O) groups is 1. The Morgan fingerprint density at radius 3 is 2.36 bits per heavy atom. The van der Waals surface area contributed by atoms with Crippen LogP contribution >= 0.6 is 46.7 Å². The van der Waals surface area contributed by atoms with E-state index in [1.165, 1.54) is 25.1 Å². The minimum atomic E-state index is -4.50. The highest BCUT2D eigenvalue weighted by molar-refractivity contribution is 9.10. The van der Waals surface area contributed by atoms with Crippen molar-refractivity contribution in [3.63, 3.8) is 0 Å². The lowest BCUT2D eigenvalue weighted by molar-refractivity contribution is -0.189. The predicted molar refractivity (Wildman–Crippen MR) is 112 cm³/mol. The lowest BCUT2D eigenvalue weighted by atomic mass is 10.1. The van der Waals surface area contributed by atoms with Crippen LogP contribution in [0.1, 0.15) is 30.1 Å². The van der Waals surface area contributed by atoms with Crippen LogP contribution in [0.5, 0.6) is 0 Å². The summed E-state index contributed by atoms with van der Waals surface area (Å²) < 4.78 is 12.9. The van der Waals surface area contributed by atoms with Gasteiger partial charge >= 0.3 is 7.60 Å². The van der Waals surface area contributed by atoms with Crippen LogP contribution in [-0.2, 0) is 20.8 Å². The highest BCUT2D eigenvalue weighted by Gasteiger charge is 2.31. The van der Waals surface area contributed by atoms with Gasteiger partial charge in [0, 0.05) is 17.9 Å². The fourth-order valence-corrected chi connectivity index (χ4v) is 4.11. The van der Waals surface area contributed by atoms with Gasteiger partial charge in [-0.3, -0.25) is 14.2 Å². The van der Waals surface area contributed by atoms with Gasteiger partial charge in [-0.15, -0.1) is 0 Å². The summed E-state index contributed by atoms with van der Waals surface area (Å²) in [5.74, 6) is -0.365. The van der Waals surface area contributed by atoms with E-state index in [1.807, 2.05) is 24.3 Å². The number of hydrogen-bond acceptors (Lipinski definition) is 3. The van der Waals surface area contributed by atoms with Crippen LogP contribution in [0.2, 0.25) is 10.0 Å². The number of carbonyl (C=O) groups excluding carboxylic acids is 1. The van der Waals surface area contributed by atoms with E-state index in [9.17, 15) is 19.1 Å². The molecule has 1 amide bonds. The van der Waals surface area contributed by atoms with Crippen LogP contribution in [0.3, 0.4) is 0 Å². The molecule has 2 aromatic carbocycles. The molecule has 1 atom stereocenters. The Kier molecular flexibility index (Phi) is 8.52. The molecule has 10 heteroatoms. The van der Waals surface area contributed by atoms with Crippen molar-refractivity contribution < 1.29 is 24.0 Å². The van der Waals surface area contributed by atoms with Gasteiger partial charge in [0.2, 0.25) is 5.91 Å². The summed E-state index contributed by atoms with van der Waals surface area (Å²) in [5.41, 5.74) is 0.0602. The first-order valence-corrected chi connectivity index (χ1v) is 11.5. The highest BCUT2D eigenvalue weighted by atomic mass is 79.9. The molecule has 2 aromatic rings. The molecule has 0 fully saturated rings. The van der Waals surface area contributed by atoms with Gasteiger partial charge in [-0.2, -0.15) is 0 Å². The Balaban J connectivity index is 2.09. The molecular weight excluding hydrogens is 492 g/mol. The van der Waals surface area contributed by atoms with Crippen LogP contribution in [-0.4, -0.2) is 27.3 Å². The van der Waals surface area contributed by atoms with E-state index in [2.05, 4.69) is 15.9 Å². The third-order valence-corrected chi connectivity index (χ3v) is 6.63. The van der Waals surface area contributed by atoms with E-state index in [1.54, 1.807) is 0 Å². The standard InChI is InChI=1S/C18H19BrCl2NO5P/c1-12(23)22(27-11-13-2-5-15(19)6-3-13)9-8-18(28(24,25)26)14-4-7-16(20)17(21)10-14/h2-7,10,18H,8-9,11H2,1H3,(H2,24,25,26). The molecule has 0 aliphatic heterocycles. The fraction of sp³-hybridized carbons (Fsp3) is 0.278.